The predicted molar refractivity (Wildman–Crippen MR) is 59.9 cm³/mol. The monoisotopic (exact) mass is 235 g/mol. The van der Waals surface area contributed by atoms with Crippen molar-refractivity contribution < 1.29 is 13.9 Å². The number of ether oxygens (including phenoxy) is 1. The summed E-state index contributed by atoms with van der Waals surface area (Å²) >= 11 is 0. The molecule has 0 saturated heterocycles. The molecule has 3 saturated carbocycles. The molecule has 4 nitrogen and oxygen atoms in total. The van der Waals surface area contributed by atoms with Crippen molar-refractivity contribution in [2.75, 3.05) is 0 Å². The number of rotatable bonds is 3. The molecule has 1 atom stereocenters. The maximum Gasteiger partial charge on any atom is 0.309 e. The van der Waals surface area contributed by atoms with Gasteiger partial charge in [-0.25, -0.2) is 4.98 Å². The van der Waals surface area contributed by atoms with Crippen molar-refractivity contribution in [3.05, 3.63) is 18.4 Å². The molecule has 0 amide bonds. The zero-order valence-electron chi connectivity index (χ0n) is 9.80. The number of oxazole rings is 1. The Labute approximate surface area is 100 Å². The smallest absolute Gasteiger partial charge is 0.309 e. The lowest BCUT2D eigenvalue weighted by molar-refractivity contribution is -0.156. The molecule has 4 heteroatoms. The largest absolute Gasteiger partial charge is 0.455 e. The number of esters is 1. The summed E-state index contributed by atoms with van der Waals surface area (Å²) in [5.74, 6) is 1.84. The lowest BCUT2D eigenvalue weighted by Gasteiger charge is -2.40. The lowest BCUT2D eigenvalue weighted by Crippen LogP contribution is -2.36. The summed E-state index contributed by atoms with van der Waals surface area (Å²) < 4.78 is 10.3. The van der Waals surface area contributed by atoms with Crippen LogP contribution in [-0.2, 0) is 16.1 Å². The molecule has 1 aromatic heterocycles. The quantitative estimate of drug-likeness (QED) is 0.755. The van der Waals surface area contributed by atoms with Crippen LogP contribution in [0.3, 0.4) is 0 Å². The van der Waals surface area contributed by atoms with Crippen molar-refractivity contribution in [3.8, 4) is 0 Å². The van der Waals surface area contributed by atoms with Crippen LogP contribution in [0.25, 0.3) is 0 Å². The Morgan fingerprint density at radius 3 is 2.82 bits per heavy atom. The Kier molecular flexibility index (Phi) is 2.87. The fourth-order valence-electron chi connectivity index (χ4n) is 3.23. The van der Waals surface area contributed by atoms with Gasteiger partial charge in [0.2, 0.25) is 5.89 Å². The van der Waals surface area contributed by atoms with Crippen molar-refractivity contribution in [2.45, 2.75) is 38.7 Å². The lowest BCUT2D eigenvalue weighted by atomic mass is 9.65. The van der Waals surface area contributed by atoms with E-state index in [9.17, 15) is 4.79 Å². The Hall–Kier alpha value is -1.32. The number of nitrogens with zero attached hydrogens (tertiary/aromatic N) is 1. The molecule has 0 spiro atoms. The third-order valence-electron chi connectivity index (χ3n) is 4.17. The van der Waals surface area contributed by atoms with Gasteiger partial charge >= 0.3 is 5.97 Å². The van der Waals surface area contributed by atoms with Gasteiger partial charge in [0.1, 0.15) is 6.26 Å². The van der Waals surface area contributed by atoms with E-state index in [0.717, 1.165) is 12.3 Å². The second-order valence-electron chi connectivity index (χ2n) is 5.16. The molecule has 17 heavy (non-hydrogen) atoms. The summed E-state index contributed by atoms with van der Waals surface area (Å²) in [6, 6.07) is 0. The van der Waals surface area contributed by atoms with Crippen LogP contribution in [0, 0.1) is 17.8 Å². The normalized spacial score (nSPS) is 31.4. The number of carbonyl (C=O) groups excluding carboxylic acids is 1. The van der Waals surface area contributed by atoms with Crippen LogP contribution in [0.1, 0.15) is 38.0 Å². The van der Waals surface area contributed by atoms with E-state index in [1.54, 1.807) is 6.20 Å². The molecule has 1 aromatic rings. The number of fused-ring (bicyclic) bond motifs is 3. The molecular weight excluding hydrogens is 218 g/mol. The summed E-state index contributed by atoms with van der Waals surface area (Å²) in [7, 11) is 0. The number of carbonyl (C=O) groups is 1. The summed E-state index contributed by atoms with van der Waals surface area (Å²) in [6.45, 7) is 0.166. The average molecular weight is 235 g/mol. The van der Waals surface area contributed by atoms with Gasteiger partial charge in [0.05, 0.1) is 12.1 Å². The average Bonchev–Trinajstić information content (AvgIpc) is 2.90. The molecule has 0 radical (unpaired) electrons. The van der Waals surface area contributed by atoms with Gasteiger partial charge in [-0.1, -0.05) is 12.8 Å². The molecule has 4 rings (SSSR count). The third-order valence-corrected chi connectivity index (χ3v) is 4.17. The summed E-state index contributed by atoms with van der Waals surface area (Å²) in [5, 5.41) is 0. The predicted octanol–water partition coefficient (Wildman–Crippen LogP) is 2.54. The van der Waals surface area contributed by atoms with E-state index in [-0.39, 0.29) is 18.5 Å². The van der Waals surface area contributed by atoms with E-state index in [1.165, 1.54) is 31.9 Å². The third kappa shape index (κ3) is 2.21. The van der Waals surface area contributed by atoms with E-state index >= 15 is 0 Å². The van der Waals surface area contributed by atoms with Crippen molar-refractivity contribution in [2.24, 2.45) is 17.8 Å². The first-order valence-corrected chi connectivity index (χ1v) is 6.38. The molecule has 3 aliphatic rings. The van der Waals surface area contributed by atoms with Crippen molar-refractivity contribution in [1.82, 2.24) is 4.98 Å². The van der Waals surface area contributed by atoms with Crippen LogP contribution < -0.4 is 0 Å². The summed E-state index contributed by atoms with van der Waals surface area (Å²) in [4.78, 5) is 15.9. The minimum absolute atomic E-state index is 0.0578. The first-order chi connectivity index (χ1) is 8.33. The highest BCUT2D eigenvalue weighted by atomic mass is 16.5. The van der Waals surface area contributed by atoms with Gasteiger partial charge in [0, 0.05) is 0 Å². The van der Waals surface area contributed by atoms with Gasteiger partial charge in [0.15, 0.2) is 6.61 Å². The van der Waals surface area contributed by atoms with Crippen molar-refractivity contribution in [3.63, 3.8) is 0 Å². The molecule has 2 bridgehead atoms. The first-order valence-electron chi connectivity index (χ1n) is 6.38. The van der Waals surface area contributed by atoms with Crippen LogP contribution >= 0.6 is 0 Å². The van der Waals surface area contributed by atoms with Crippen LogP contribution in [0.15, 0.2) is 16.9 Å². The highest BCUT2D eigenvalue weighted by Gasteiger charge is 2.40. The first kappa shape index (κ1) is 10.8. The van der Waals surface area contributed by atoms with Gasteiger partial charge in [0.25, 0.3) is 0 Å². The zero-order chi connectivity index (χ0) is 11.7. The van der Waals surface area contributed by atoms with Crippen molar-refractivity contribution in [1.29, 1.82) is 0 Å². The molecule has 0 aromatic carbocycles. The van der Waals surface area contributed by atoms with Gasteiger partial charge in [-0.2, -0.15) is 0 Å². The van der Waals surface area contributed by atoms with E-state index in [1.807, 2.05) is 0 Å². The van der Waals surface area contributed by atoms with Gasteiger partial charge in [-0.05, 0) is 31.1 Å². The van der Waals surface area contributed by atoms with E-state index < -0.39 is 0 Å². The minimum atomic E-state index is -0.0578. The highest BCUT2D eigenvalue weighted by molar-refractivity contribution is 5.73. The van der Waals surface area contributed by atoms with E-state index in [2.05, 4.69) is 4.98 Å². The topological polar surface area (TPSA) is 52.3 Å². The molecule has 3 aliphatic carbocycles. The second kappa shape index (κ2) is 4.51. The standard InChI is InChI=1S/C13H17NO3/c15-13(17-8-12-14-5-6-16-12)11-7-9-1-3-10(11)4-2-9/h5-6,9-11H,1-4,7-8H2. The fourth-order valence-corrected chi connectivity index (χ4v) is 3.23. The second-order valence-corrected chi connectivity index (χ2v) is 5.16. The maximum absolute atomic E-state index is 12.0. The molecule has 92 valence electrons. The van der Waals surface area contributed by atoms with Gasteiger partial charge in [-0.15, -0.1) is 0 Å². The van der Waals surface area contributed by atoms with Crippen LogP contribution in [0.4, 0.5) is 0 Å². The molecule has 0 N–H and O–H groups in total. The van der Waals surface area contributed by atoms with Crippen LogP contribution in [-0.4, -0.2) is 11.0 Å². The maximum atomic E-state index is 12.0. The van der Waals surface area contributed by atoms with Gasteiger partial charge < -0.3 is 9.15 Å². The Morgan fingerprint density at radius 1 is 1.41 bits per heavy atom. The number of hydrogen-bond acceptors (Lipinski definition) is 4. The fraction of sp³-hybridized carbons (Fsp3) is 0.692. The number of aromatic nitrogens is 1. The molecular formula is C13H17NO3. The van der Waals surface area contributed by atoms with E-state index in [0.29, 0.717) is 11.8 Å². The highest BCUT2D eigenvalue weighted by Crippen LogP contribution is 2.45. The Balaban J connectivity index is 1.56. The molecule has 1 heterocycles. The minimum Gasteiger partial charge on any atom is -0.455 e. The molecule has 3 fully saturated rings. The van der Waals surface area contributed by atoms with Gasteiger partial charge in [-0.3, -0.25) is 4.79 Å². The van der Waals surface area contributed by atoms with Crippen molar-refractivity contribution >= 4 is 5.97 Å². The zero-order valence-corrected chi connectivity index (χ0v) is 9.80. The number of hydrogen-bond donors (Lipinski definition) is 0. The molecule has 0 aliphatic heterocycles. The summed E-state index contributed by atoms with van der Waals surface area (Å²) in [5.41, 5.74) is 0. The van der Waals surface area contributed by atoms with Crippen LogP contribution in [0.2, 0.25) is 0 Å². The Morgan fingerprint density at radius 2 is 2.24 bits per heavy atom. The van der Waals surface area contributed by atoms with Crippen LogP contribution in [0.5, 0.6) is 0 Å². The Bertz CT molecular complexity index is 379. The molecule has 1 unspecified atom stereocenters. The SMILES string of the molecule is O=C(OCc1ncco1)C1CC2CCC1CC2. The summed E-state index contributed by atoms with van der Waals surface area (Å²) in [6.07, 6.45) is 9.07. The van der Waals surface area contributed by atoms with E-state index in [4.69, 9.17) is 9.15 Å².